The summed E-state index contributed by atoms with van der Waals surface area (Å²) in [4.78, 5) is 36.5. The van der Waals surface area contributed by atoms with Gasteiger partial charge in [0.25, 0.3) is 5.91 Å². The Bertz CT molecular complexity index is 1150. The summed E-state index contributed by atoms with van der Waals surface area (Å²) in [6, 6.07) is 11.5. The van der Waals surface area contributed by atoms with E-state index >= 15 is 0 Å². The first-order valence-electron chi connectivity index (χ1n) is 8.57. The van der Waals surface area contributed by atoms with E-state index in [1.807, 2.05) is 0 Å². The minimum absolute atomic E-state index is 0.151. The molecule has 4 rings (SSSR count). The van der Waals surface area contributed by atoms with Crippen molar-refractivity contribution in [3.8, 4) is 11.5 Å². The average Bonchev–Trinajstić information content (AvgIpc) is 2.67. The van der Waals surface area contributed by atoms with Gasteiger partial charge in [-0.3, -0.25) is 9.59 Å². The second-order valence-corrected chi connectivity index (χ2v) is 6.16. The lowest BCUT2D eigenvalue weighted by Gasteiger charge is -2.21. The Morgan fingerprint density at radius 2 is 1.57 bits per heavy atom. The normalized spacial score (nSPS) is 12.5. The highest BCUT2D eigenvalue weighted by molar-refractivity contribution is 6.08. The highest BCUT2D eigenvalue weighted by atomic mass is 16.6. The maximum Gasteiger partial charge on any atom is 0.349 e. The molecule has 8 nitrogen and oxygen atoms in total. The third kappa shape index (κ3) is 3.39. The van der Waals surface area contributed by atoms with E-state index < -0.39 is 11.5 Å². The van der Waals surface area contributed by atoms with Crippen LogP contribution < -0.4 is 25.7 Å². The summed E-state index contributed by atoms with van der Waals surface area (Å²) in [5.41, 5.74) is 0.0896. The summed E-state index contributed by atoms with van der Waals surface area (Å²) in [7, 11) is 0. The van der Waals surface area contributed by atoms with Gasteiger partial charge in [-0.05, 0) is 12.1 Å². The van der Waals surface area contributed by atoms with Crippen molar-refractivity contribution in [1.82, 2.24) is 0 Å². The summed E-state index contributed by atoms with van der Waals surface area (Å²) >= 11 is 0. The van der Waals surface area contributed by atoms with Crippen LogP contribution >= 0.6 is 0 Å². The van der Waals surface area contributed by atoms with Crippen LogP contribution in [0.5, 0.6) is 11.5 Å². The third-order valence-electron chi connectivity index (χ3n) is 4.13. The molecule has 3 aromatic rings. The predicted molar refractivity (Wildman–Crippen MR) is 102 cm³/mol. The summed E-state index contributed by atoms with van der Waals surface area (Å²) in [6.45, 7) is 2.10. The molecule has 0 fully saturated rings. The number of rotatable bonds is 3. The van der Waals surface area contributed by atoms with Gasteiger partial charge in [0.05, 0.1) is 11.4 Å². The quantitative estimate of drug-likeness (QED) is 0.677. The number of benzene rings is 2. The van der Waals surface area contributed by atoms with E-state index in [1.54, 1.807) is 36.4 Å². The van der Waals surface area contributed by atoms with Crippen molar-refractivity contribution in [3.05, 3.63) is 58.4 Å². The Balaban J connectivity index is 1.71. The van der Waals surface area contributed by atoms with E-state index in [4.69, 9.17) is 13.9 Å². The topological polar surface area (TPSA) is 107 Å². The molecule has 2 amide bonds. The smallest absolute Gasteiger partial charge is 0.349 e. The molecular weight excluding hydrogens is 364 g/mol. The van der Waals surface area contributed by atoms with Gasteiger partial charge in [-0.1, -0.05) is 18.2 Å². The summed E-state index contributed by atoms with van der Waals surface area (Å²) < 4.78 is 16.2. The van der Waals surface area contributed by atoms with E-state index in [-0.39, 0.29) is 17.2 Å². The monoisotopic (exact) mass is 380 g/mol. The summed E-state index contributed by atoms with van der Waals surface area (Å²) in [5.74, 6) is -0.0976. The van der Waals surface area contributed by atoms with Gasteiger partial charge < -0.3 is 24.5 Å². The Kier molecular flexibility index (Phi) is 4.44. The molecule has 1 aliphatic rings. The number of anilines is 2. The molecule has 0 atom stereocenters. The van der Waals surface area contributed by atoms with Crippen LogP contribution in [0, 0.1) is 0 Å². The Morgan fingerprint density at radius 1 is 0.929 bits per heavy atom. The van der Waals surface area contributed by atoms with Crippen molar-refractivity contribution >= 4 is 34.2 Å². The fourth-order valence-electron chi connectivity index (χ4n) is 2.90. The van der Waals surface area contributed by atoms with Gasteiger partial charge in [0, 0.05) is 24.4 Å². The SMILES string of the molecule is CC(=O)Nc1cc2c(cc1NC(=O)c1cc3ccccc3oc1=O)OCCO2. The fraction of sp³-hybridized carbons (Fsp3) is 0.150. The van der Waals surface area contributed by atoms with Gasteiger partial charge in [-0.2, -0.15) is 0 Å². The van der Waals surface area contributed by atoms with Crippen LogP contribution in [0.1, 0.15) is 17.3 Å². The number of fused-ring (bicyclic) bond motifs is 2. The number of para-hydroxylation sites is 1. The van der Waals surface area contributed by atoms with Crippen molar-refractivity contribution in [2.45, 2.75) is 6.92 Å². The molecule has 0 saturated carbocycles. The van der Waals surface area contributed by atoms with Gasteiger partial charge >= 0.3 is 5.63 Å². The molecular formula is C20H16N2O6. The Hall–Kier alpha value is -3.81. The lowest BCUT2D eigenvalue weighted by Crippen LogP contribution is -2.22. The van der Waals surface area contributed by atoms with Crippen LogP contribution in [-0.4, -0.2) is 25.0 Å². The number of amides is 2. The molecule has 2 aromatic carbocycles. The number of ether oxygens (including phenoxy) is 2. The molecule has 0 unspecified atom stereocenters. The predicted octanol–water partition coefficient (Wildman–Crippen LogP) is 2.77. The van der Waals surface area contributed by atoms with Gasteiger partial charge in [-0.15, -0.1) is 0 Å². The van der Waals surface area contributed by atoms with Crippen LogP contribution in [-0.2, 0) is 4.79 Å². The lowest BCUT2D eigenvalue weighted by atomic mass is 10.1. The molecule has 1 aliphatic heterocycles. The first-order chi connectivity index (χ1) is 13.5. The molecule has 2 N–H and O–H groups in total. The number of carbonyl (C=O) groups excluding carboxylic acids is 2. The number of nitrogens with one attached hydrogen (secondary N) is 2. The van der Waals surface area contributed by atoms with Crippen LogP contribution in [0.3, 0.4) is 0 Å². The number of hydrogen-bond acceptors (Lipinski definition) is 6. The largest absolute Gasteiger partial charge is 0.486 e. The van der Waals surface area contributed by atoms with E-state index in [0.717, 1.165) is 0 Å². The van der Waals surface area contributed by atoms with Gasteiger partial charge in [0.2, 0.25) is 5.91 Å². The second-order valence-electron chi connectivity index (χ2n) is 6.16. The van der Waals surface area contributed by atoms with Gasteiger partial charge in [-0.25, -0.2) is 4.79 Å². The van der Waals surface area contributed by atoms with Crippen LogP contribution in [0.4, 0.5) is 11.4 Å². The van der Waals surface area contributed by atoms with Crippen molar-refractivity contribution in [2.75, 3.05) is 23.8 Å². The minimum Gasteiger partial charge on any atom is -0.486 e. The molecule has 0 saturated heterocycles. The molecule has 0 spiro atoms. The average molecular weight is 380 g/mol. The van der Waals surface area contributed by atoms with Crippen molar-refractivity contribution in [2.24, 2.45) is 0 Å². The highest BCUT2D eigenvalue weighted by Gasteiger charge is 2.20. The molecule has 142 valence electrons. The molecule has 0 radical (unpaired) electrons. The first-order valence-corrected chi connectivity index (χ1v) is 8.57. The van der Waals surface area contributed by atoms with Crippen LogP contribution in [0.15, 0.2) is 51.7 Å². The van der Waals surface area contributed by atoms with E-state index in [9.17, 15) is 14.4 Å². The Labute approximate surface area is 159 Å². The third-order valence-corrected chi connectivity index (χ3v) is 4.13. The maximum absolute atomic E-state index is 12.7. The number of hydrogen-bond donors (Lipinski definition) is 2. The van der Waals surface area contributed by atoms with Gasteiger partial charge in [0.1, 0.15) is 24.4 Å². The number of carbonyl (C=O) groups is 2. The molecule has 1 aromatic heterocycles. The molecule has 0 aliphatic carbocycles. The van der Waals surface area contributed by atoms with Crippen LogP contribution in [0.2, 0.25) is 0 Å². The molecule has 2 heterocycles. The zero-order valence-electron chi connectivity index (χ0n) is 14.9. The molecule has 8 heteroatoms. The highest BCUT2D eigenvalue weighted by Crippen LogP contribution is 2.38. The van der Waals surface area contributed by atoms with E-state index in [0.29, 0.717) is 41.4 Å². The minimum atomic E-state index is -0.755. The molecule has 28 heavy (non-hydrogen) atoms. The van der Waals surface area contributed by atoms with Crippen LogP contribution in [0.25, 0.3) is 11.0 Å². The zero-order valence-corrected chi connectivity index (χ0v) is 14.9. The van der Waals surface area contributed by atoms with Crippen molar-refractivity contribution < 1.29 is 23.5 Å². The van der Waals surface area contributed by atoms with E-state index in [2.05, 4.69) is 10.6 Å². The Morgan fingerprint density at radius 3 is 2.25 bits per heavy atom. The second kappa shape index (κ2) is 7.07. The standard InChI is InChI=1S/C20H16N2O6/c1-11(23)21-14-9-17-18(27-7-6-26-17)10-15(14)22-19(24)13-8-12-4-2-3-5-16(12)28-20(13)25/h2-5,8-10H,6-7H2,1H3,(H,21,23)(H,22,24). The zero-order chi connectivity index (χ0) is 19.7. The summed E-state index contributed by atoms with van der Waals surface area (Å²) in [6.07, 6.45) is 0. The first kappa shape index (κ1) is 17.6. The van der Waals surface area contributed by atoms with Crippen molar-refractivity contribution in [3.63, 3.8) is 0 Å². The lowest BCUT2D eigenvalue weighted by molar-refractivity contribution is -0.114. The molecule has 0 bridgehead atoms. The van der Waals surface area contributed by atoms with Gasteiger partial charge in [0.15, 0.2) is 11.5 Å². The van der Waals surface area contributed by atoms with E-state index in [1.165, 1.54) is 13.0 Å². The maximum atomic E-state index is 12.7. The fourth-order valence-corrected chi connectivity index (χ4v) is 2.90. The summed E-state index contributed by atoms with van der Waals surface area (Å²) in [5, 5.41) is 5.89. The van der Waals surface area contributed by atoms with Crippen molar-refractivity contribution in [1.29, 1.82) is 0 Å².